The zero-order valence-corrected chi connectivity index (χ0v) is 36.6. The Morgan fingerprint density at radius 3 is 1.71 bits per heavy atom. The standard InChI is InChI=1S/C45H83N2O7P/c1-6-8-9-10-11-12-13-14-15-19-22-25-28-31-34-37-44(49)43(41-54-55(51,52)53-40-39-47(3,4)5)46-45(50)38-35-32-29-26-23-20-17-16-18-21-24-27-30-33-36-42(48)7-2/h17-18,20-21,26-27,29-30,34,37,42-44,48-49H,6-16,19,22-25,28,31-33,35-36,38-41H2,1-5H3,(H-,46,50,51,52)/b20-17-,21-18-,29-26-,30-27-,37-34+/t42-,43+,44-/m1/s1. The summed E-state index contributed by atoms with van der Waals surface area (Å²) in [4.78, 5) is 25.2. The summed E-state index contributed by atoms with van der Waals surface area (Å²) in [5, 5.41) is 23.3. The first-order valence-electron chi connectivity index (χ1n) is 21.7. The summed E-state index contributed by atoms with van der Waals surface area (Å²) in [5.41, 5.74) is 0. The highest BCUT2D eigenvalue weighted by molar-refractivity contribution is 7.45. The summed E-state index contributed by atoms with van der Waals surface area (Å²) in [6, 6.07) is -0.926. The van der Waals surface area contributed by atoms with E-state index in [2.05, 4.69) is 60.8 Å². The molecule has 0 radical (unpaired) electrons. The number of aliphatic hydroxyl groups is 2. The molecule has 0 heterocycles. The molecule has 10 heteroatoms. The number of nitrogens with zero attached hydrogens (tertiary/aromatic N) is 1. The Balaban J connectivity index is 4.58. The van der Waals surface area contributed by atoms with Gasteiger partial charge < -0.3 is 34.0 Å². The van der Waals surface area contributed by atoms with E-state index in [0.29, 0.717) is 17.4 Å². The first-order chi connectivity index (χ1) is 26.4. The van der Waals surface area contributed by atoms with Crippen LogP contribution in [0.4, 0.5) is 0 Å². The van der Waals surface area contributed by atoms with Crippen molar-refractivity contribution in [1.29, 1.82) is 0 Å². The third kappa shape index (κ3) is 38.8. The van der Waals surface area contributed by atoms with Gasteiger partial charge in [0.15, 0.2) is 0 Å². The number of carbonyl (C=O) groups excluding carboxylic acids is 1. The lowest BCUT2D eigenvalue weighted by Crippen LogP contribution is -2.45. The van der Waals surface area contributed by atoms with E-state index in [-0.39, 0.29) is 25.0 Å². The molecule has 0 aliphatic heterocycles. The molecule has 3 N–H and O–H groups in total. The SMILES string of the molecule is CCCCCCCCCCCCCCC/C=C/[C@@H](O)[C@H](COP(=O)([O-])OCC[N+](C)(C)C)NC(=O)CCC/C=C\C/C=C\C/C=C\C/C=C\CC[C@H](O)CC. The van der Waals surface area contributed by atoms with Crippen LogP contribution in [0.5, 0.6) is 0 Å². The zero-order valence-electron chi connectivity index (χ0n) is 35.7. The van der Waals surface area contributed by atoms with E-state index < -0.39 is 26.6 Å². The fourth-order valence-corrected chi connectivity index (χ4v) is 6.43. The highest BCUT2D eigenvalue weighted by Gasteiger charge is 2.23. The van der Waals surface area contributed by atoms with E-state index in [1.807, 2.05) is 34.1 Å². The predicted molar refractivity (Wildman–Crippen MR) is 230 cm³/mol. The summed E-state index contributed by atoms with van der Waals surface area (Å²) in [5.74, 6) is -0.266. The molecule has 4 atom stereocenters. The average Bonchev–Trinajstić information content (AvgIpc) is 3.13. The molecule has 0 aromatic heterocycles. The minimum Gasteiger partial charge on any atom is -0.756 e. The van der Waals surface area contributed by atoms with Crippen LogP contribution >= 0.6 is 7.82 Å². The van der Waals surface area contributed by atoms with Gasteiger partial charge >= 0.3 is 0 Å². The van der Waals surface area contributed by atoms with Crippen LogP contribution in [0.3, 0.4) is 0 Å². The van der Waals surface area contributed by atoms with Gasteiger partial charge in [-0.05, 0) is 64.2 Å². The number of carbonyl (C=O) groups is 1. The summed E-state index contributed by atoms with van der Waals surface area (Å²) >= 11 is 0. The average molecular weight is 795 g/mol. The van der Waals surface area contributed by atoms with Crippen molar-refractivity contribution in [3.05, 3.63) is 60.8 Å². The molecule has 0 saturated heterocycles. The largest absolute Gasteiger partial charge is 0.756 e. The lowest BCUT2D eigenvalue weighted by Gasteiger charge is -2.29. The molecule has 0 saturated carbocycles. The van der Waals surface area contributed by atoms with Crippen LogP contribution in [0.1, 0.15) is 162 Å². The Morgan fingerprint density at radius 1 is 0.691 bits per heavy atom. The zero-order chi connectivity index (χ0) is 40.9. The maximum absolute atomic E-state index is 12.8. The second-order valence-corrected chi connectivity index (χ2v) is 17.2. The normalized spacial score (nSPS) is 15.6. The maximum Gasteiger partial charge on any atom is 0.268 e. The molecule has 55 heavy (non-hydrogen) atoms. The number of allylic oxidation sites excluding steroid dienone is 9. The summed E-state index contributed by atoms with van der Waals surface area (Å²) in [6.07, 6.45) is 43.5. The van der Waals surface area contributed by atoms with Crippen molar-refractivity contribution in [2.45, 2.75) is 180 Å². The Kier molecular flexibility index (Phi) is 35.3. The molecule has 0 aromatic rings. The molecule has 0 aliphatic rings. The van der Waals surface area contributed by atoms with Crippen molar-refractivity contribution < 1.29 is 38.0 Å². The van der Waals surface area contributed by atoms with E-state index in [9.17, 15) is 24.5 Å². The van der Waals surface area contributed by atoms with Gasteiger partial charge in [0, 0.05) is 6.42 Å². The summed E-state index contributed by atoms with van der Waals surface area (Å²) < 4.78 is 23.1. The minimum atomic E-state index is -4.61. The number of likely N-dealkylation sites (N-methyl/N-ethyl adjacent to an activating group) is 1. The molecular formula is C45H83N2O7P. The molecule has 0 bridgehead atoms. The second kappa shape index (κ2) is 36.5. The van der Waals surface area contributed by atoms with Gasteiger partial charge in [0.1, 0.15) is 13.2 Å². The number of phosphoric ester groups is 1. The van der Waals surface area contributed by atoms with Crippen molar-refractivity contribution in [3.63, 3.8) is 0 Å². The van der Waals surface area contributed by atoms with Gasteiger partial charge in [-0.1, -0.05) is 152 Å². The van der Waals surface area contributed by atoms with Gasteiger partial charge in [-0.3, -0.25) is 9.36 Å². The van der Waals surface area contributed by atoms with E-state index in [1.54, 1.807) is 6.08 Å². The van der Waals surface area contributed by atoms with Crippen LogP contribution in [-0.2, 0) is 18.4 Å². The number of hydrogen-bond acceptors (Lipinski definition) is 7. The van der Waals surface area contributed by atoms with E-state index in [4.69, 9.17) is 9.05 Å². The molecular weight excluding hydrogens is 711 g/mol. The molecule has 0 aliphatic carbocycles. The van der Waals surface area contributed by atoms with Crippen molar-refractivity contribution in [2.24, 2.45) is 0 Å². The number of unbranched alkanes of at least 4 members (excludes halogenated alkanes) is 14. The maximum atomic E-state index is 12.8. The molecule has 1 unspecified atom stereocenters. The lowest BCUT2D eigenvalue weighted by atomic mass is 10.0. The van der Waals surface area contributed by atoms with Crippen LogP contribution in [0.15, 0.2) is 60.8 Å². The van der Waals surface area contributed by atoms with Gasteiger partial charge in [0.2, 0.25) is 5.91 Å². The Hall–Kier alpha value is -1.84. The van der Waals surface area contributed by atoms with E-state index >= 15 is 0 Å². The number of rotatable bonds is 38. The Bertz CT molecular complexity index is 1100. The number of quaternary nitrogens is 1. The third-order valence-electron chi connectivity index (χ3n) is 9.39. The minimum absolute atomic E-state index is 0.0199. The topological polar surface area (TPSA) is 128 Å². The van der Waals surface area contributed by atoms with Crippen molar-refractivity contribution in [3.8, 4) is 0 Å². The number of nitrogens with one attached hydrogen (secondary N) is 1. The van der Waals surface area contributed by atoms with Crippen LogP contribution < -0.4 is 10.2 Å². The van der Waals surface area contributed by atoms with Gasteiger partial charge in [0.05, 0.1) is 46.0 Å². The van der Waals surface area contributed by atoms with Gasteiger partial charge in [-0.15, -0.1) is 0 Å². The van der Waals surface area contributed by atoms with Crippen LogP contribution in [0, 0.1) is 0 Å². The lowest BCUT2D eigenvalue weighted by molar-refractivity contribution is -0.870. The highest BCUT2D eigenvalue weighted by atomic mass is 31.2. The van der Waals surface area contributed by atoms with Crippen LogP contribution in [-0.4, -0.2) is 79.8 Å². The second-order valence-electron chi connectivity index (χ2n) is 15.8. The fourth-order valence-electron chi connectivity index (χ4n) is 5.71. The van der Waals surface area contributed by atoms with Crippen molar-refractivity contribution >= 4 is 13.7 Å². The number of amides is 1. The highest BCUT2D eigenvalue weighted by Crippen LogP contribution is 2.38. The monoisotopic (exact) mass is 795 g/mol. The predicted octanol–water partition coefficient (Wildman–Crippen LogP) is 10.2. The molecule has 0 aromatic carbocycles. The molecule has 9 nitrogen and oxygen atoms in total. The summed E-state index contributed by atoms with van der Waals surface area (Å²) in [7, 11) is 1.19. The smallest absolute Gasteiger partial charge is 0.268 e. The number of aliphatic hydroxyl groups excluding tert-OH is 2. The van der Waals surface area contributed by atoms with Gasteiger partial charge in [0.25, 0.3) is 7.82 Å². The fraction of sp³-hybridized carbons (Fsp3) is 0.756. The molecule has 1 amide bonds. The molecule has 0 spiro atoms. The van der Waals surface area contributed by atoms with Crippen LogP contribution in [0.25, 0.3) is 0 Å². The quantitative estimate of drug-likeness (QED) is 0.0246. The Labute approximate surface area is 337 Å². The van der Waals surface area contributed by atoms with Gasteiger partial charge in [-0.25, -0.2) is 0 Å². The van der Waals surface area contributed by atoms with Crippen molar-refractivity contribution in [1.82, 2.24) is 5.32 Å². The Morgan fingerprint density at radius 2 is 1.18 bits per heavy atom. The third-order valence-corrected chi connectivity index (χ3v) is 10.3. The first kappa shape index (κ1) is 53.2. The number of phosphoric acid groups is 1. The van der Waals surface area contributed by atoms with E-state index in [1.165, 1.54) is 70.6 Å². The van der Waals surface area contributed by atoms with Crippen LogP contribution in [0.2, 0.25) is 0 Å². The van der Waals surface area contributed by atoms with Gasteiger partial charge in [-0.2, -0.15) is 0 Å². The molecule has 320 valence electrons. The first-order valence-corrected chi connectivity index (χ1v) is 23.2. The van der Waals surface area contributed by atoms with Crippen molar-refractivity contribution in [2.75, 3.05) is 40.9 Å². The van der Waals surface area contributed by atoms with E-state index in [0.717, 1.165) is 64.2 Å². The molecule has 0 fully saturated rings. The number of hydrogen-bond donors (Lipinski definition) is 3. The summed E-state index contributed by atoms with van der Waals surface area (Å²) in [6.45, 7) is 4.30. The molecule has 0 rings (SSSR count).